The van der Waals surface area contributed by atoms with Crippen LogP contribution in [0.15, 0.2) is 12.2 Å². The van der Waals surface area contributed by atoms with E-state index in [9.17, 15) is 4.79 Å². The SMILES string of the molecule is CC#CCC(C)[C@H](C)/C=C/[C@@H]1C2CC(CCCC(=O)OC)CC2C[C@H]1OC1CCCCO1. The van der Waals surface area contributed by atoms with E-state index in [4.69, 9.17) is 14.2 Å². The Morgan fingerprint density at radius 3 is 2.78 bits per heavy atom. The number of rotatable bonds is 10. The van der Waals surface area contributed by atoms with Crippen molar-refractivity contribution >= 4 is 5.97 Å². The van der Waals surface area contributed by atoms with Crippen LogP contribution in [0, 0.1) is 47.3 Å². The maximum atomic E-state index is 11.5. The molecule has 0 amide bonds. The largest absolute Gasteiger partial charge is 0.469 e. The van der Waals surface area contributed by atoms with Crippen molar-refractivity contribution in [2.24, 2.45) is 35.5 Å². The summed E-state index contributed by atoms with van der Waals surface area (Å²) < 4.78 is 17.3. The molecule has 0 bridgehead atoms. The molecular weight excluding hydrogens is 400 g/mol. The lowest BCUT2D eigenvalue weighted by Gasteiger charge is -2.30. The third-order valence-electron chi connectivity index (χ3n) is 8.13. The number of esters is 1. The van der Waals surface area contributed by atoms with E-state index < -0.39 is 0 Å². The van der Waals surface area contributed by atoms with E-state index >= 15 is 0 Å². The summed E-state index contributed by atoms with van der Waals surface area (Å²) in [5.74, 6) is 9.89. The predicted octanol–water partition coefficient (Wildman–Crippen LogP) is 6.15. The number of hydrogen-bond acceptors (Lipinski definition) is 4. The average molecular weight is 445 g/mol. The standard InChI is InChI=1S/C28H44O4/c1-5-6-10-20(2)21(3)14-15-24-25-18-22(11-9-12-27(29)30-4)17-23(25)19-26(24)32-28-13-7-8-16-31-28/h14-15,20-26,28H,7-13,16-19H2,1-4H3/b15-14+/t20?,21-,22?,23?,24-,25?,26-,28?/m1/s1. The van der Waals surface area contributed by atoms with Gasteiger partial charge in [0.1, 0.15) is 0 Å². The lowest BCUT2D eigenvalue weighted by atomic mass is 9.86. The minimum atomic E-state index is -0.0826. The predicted molar refractivity (Wildman–Crippen MR) is 128 cm³/mol. The molecule has 32 heavy (non-hydrogen) atoms. The van der Waals surface area contributed by atoms with Crippen LogP contribution in [-0.4, -0.2) is 32.1 Å². The van der Waals surface area contributed by atoms with Crippen LogP contribution in [0.4, 0.5) is 0 Å². The van der Waals surface area contributed by atoms with Gasteiger partial charge in [-0.1, -0.05) is 26.0 Å². The molecule has 1 saturated heterocycles. The molecule has 4 nitrogen and oxygen atoms in total. The minimum Gasteiger partial charge on any atom is -0.469 e. The van der Waals surface area contributed by atoms with Gasteiger partial charge < -0.3 is 14.2 Å². The van der Waals surface area contributed by atoms with Gasteiger partial charge in [-0.05, 0) is 87.9 Å². The maximum absolute atomic E-state index is 11.5. The van der Waals surface area contributed by atoms with Gasteiger partial charge in [0.05, 0.1) is 13.2 Å². The maximum Gasteiger partial charge on any atom is 0.305 e. The van der Waals surface area contributed by atoms with Gasteiger partial charge in [0.2, 0.25) is 0 Å². The van der Waals surface area contributed by atoms with Crippen molar-refractivity contribution in [3.63, 3.8) is 0 Å². The Labute approximate surface area is 195 Å². The molecule has 0 radical (unpaired) electrons. The van der Waals surface area contributed by atoms with Crippen molar-refractivity contribution in [3.05, 3.63) is 12.2 Å². The lowest BCUT2D eigenvalue weighted by molar-refractivity contribution is -0.193. The van der Waals surface area contributed by atoms with E-state index in [1.54, 1.807) is 0 Å². The monoisotopic (exact) mass is 444 g/mol. The van der Waals surface area contributed by atoms with Gasteiger partial charge in [0, 0.05) is 25.4 Å². The molecule has 0 aromatic heterocycles. The molecule has 3 aliphatic rings. The fourth-order valence-electron chi connectivity index (χ4n) is 5.99. The summed E-state index contributed by atoms with van der Waals surface area (Å²) in [7, 11) is 1.48. The van der Waals surface area contributed by atoms with Crippen molar-refractivity contribution in [3.8, 4) is 11.8 Å². The molecule has 3 fully saturated rings. The second-order valence-corrected chi connectivity index (χ2v) is 10.4. The van der Waals surface area contributed by atoms with Crippen LogP contribution in [0.3, 0.4) is 0 Å². The number of methoxy groups -OCH3 is 1. The van der Waals surface area contributed by atoms with Crippen molar-refractivity contribution in [2.45, 2.75) is 97.4 Å². The van der Waals surface area contributed by atoms with Crippen molar-refractivity contribution in [1.29, 1.82) is 0 Å². The summed E-state index contributed by atoms with van der Waals surface area (Å²) in [6, 6.07) is 0. The number of ether oxygens (including phenoxy) is 3. The van der Waals surface area contributed by atoms with E-state index in [0.717, 1.165) is 57.0 Å². The third kappa shape index (κ3) is 7.09. The smallest absolute Gasteiger partial charge is 0.305 e. The van der Waals surface area contributed by atoms with Gasteiger partial charge in [-0.15, -0.1) is 11.8 Å². The highest BCUT2D eigenvalue weighted by Crippen LogP contribution is 2.53. The second-order valence-electron chi connectivity index (χ2n) is 10.4. The summed E-state index contributed by atoms with van der Waals surface area (Å²) in [6.07, 6.45) is 15.8. The molecule has 0 aromatic rings. The van der Waals surface area contributed by atoms with Gasteiger partial charge in [0.15, 0.2) is 6.29 Å². The molecule has 2 aliphatic carbocycles. The Morgan fingerprint density at radius 2 is 2.06 bits per heavy atom. The highest BCUT2D eigenvalue weighted by Gasteiger charge is 2.48. The topological polar surface area (TPSA) is 44.8 Å². The zero-order valence-corrected chi connectivity index (χ0v) is 20.7. The van der Waals surface area contributed by atoms with E-state index in [-0.39, 0.29) is 18.4 Å². The first-order valence-electron chi connectivity index (χ1n) is 12.9. The molecule has 8 atom stereocenters. The first kappa shape index (κ1) is 25.3. The first-order valence-corrected chi connectivity index (χ1v) is 12.9. The van der Waals surface area contributed by atoms with Gasteiger partial charge in [-0.3, -0.25) is 4.79 Å². The van der Waals surface area contributed by atoms with E-state index in [1.165, 1.54) is 26.4 Å². The average Bonchev–Trinajstić information content (AvgIpc) is 3.33. The first-order chi connectivity index (χ1) is 15.5. The summed E-state index contributed by atoms with van der Waals surface area (Å²) in [6.45, 7) is 7.37. The molecule has 1 aliphatic heterocycles. The Morgan fingerprint density at radius 1 is 1.22 bits per heavy atom. The highest BCUT2D eigenvalue weighted by molar-refractivity contribution is 5.68. The Kier molecular flexibility index (Phi) is 10.1. The molecule has 4 heteroatoms. The third-order valence-corrected chi connectivity index (χ3v) is 8.13. The van der Waals surface area contributed by atoms with Crippen LogP contribution < -0.4 is 0 Å². The summed E-state index contributed by atoms with van der Waals surface area (Å²) in [5, 5.41) is 0. The second kappa shape index (κ2) is 12.8. The van der Waals surface area contributed by atoms with Gasteiger partial charge >= 0.3 is 5.97 Å². The minimum absolute atomic E-state index is 0.0181. The molecule has 1 heterocycles. The summed E-state index contributed by atoms with van der Waals surface area (Å²) in [4.78, 5) is 11.5. The number of allylic oxidation sites excluding steroid dienone is 1. The highest BCUT2D eigenvalue weighted by atomic mass is 16.7. The van der Waals surface area contributed by atoms with Gasteiger partial charge in [-0.2, -0.15) is 0 Å². The van der Waals surface area contributed by atoms with Gasteiger partial charge in [0.25, 0.3) is 0 Å². The summed E-state index contributed by atoms with van der Waals surface area (Å²) in [5.41, 5.74) is 0. The van der Waals surface area contributed by atoms with Crippen LogP contribution >= 0.6 is 0 Å². The molecule has 5 unspecified atom stereocenters. The molecular formula is C28H44O4. The molecule has 0 spiro atoms. The van der Waals surface area contributed by atoms with Crippen LogP contribution in [0.2, 0.25) is 0 Å². The quantitative estimate of drug-likeness (QED) is 0.230. The molecule has 2 saturated carbocycles. The molecule has 0 N–H and O–H groups in total. The number of hydrogen-bond donors (Lipinski definition) is 0. The van der Waals surface area contributed by atoms with Crippen LogP contribution in [-0.2, 0) is 19.0 Å². The summed E-state index contributed by atoms with van der Waals surface area (Å²) >= 11 is 0. The lowest BCUT2D eigenvalue weighted by Crippen LogP contribution is -2.31. The van der Waals surface area contributed by atoms with Gasteiger partial charge in [-0.25, -0.2) is 0 Å². The Bertz CT molecular complexity index is 669. The van der Waals surface area contributed by atoms with Crippen molar-refractivity contribution < 1.29 is 19.0 Å². The zero-order valence-electron chi connectivity index (χ0n) is 20.7. The van der Waals surface area contributed by atoms with Crippen molar-refractivity contribution in [2.75, 3.05) is 13.7 Å². The molecule has 3 rings (SSSR count). The fraction of sp³-hybridized carbons (Fsp3) is 0.821. The van der Waals surface area contributed by atoms with E-state index in [1.807, 2.05) is 6.92 Å². The number of carbonyl (C=O) groups excluding carboxylic acids is 1. The molecule has 0 aromatic carbocycles. The van der Waals surface area contributed by atoms with E-state index in [2.05, 4.69) is 37.8 Å². The Balaban J connectivity index is 1.61. The Hall–Kier alpha value is -1.31. The van der Waals surface area contributed by atoms with Crippen LogP contribution in [0.5, 0.6) is 0 Å². The fourth-order valence-corrected chi connectivity index (χ4v) is 5.99. The van der Waals surface area contributed by atoms with Crippen LogP contribution in [0.1, 0.15) is 85.0 Å². The van der Waals surface area contributed by atoms with Crippen LogP contribution in [0.25, 0.3) is 0 Å². The zero-order chi connectivity index (χ0) is 22.9. The number of carbonyl (C=O) groups is 1. The van der Waals surface area contributed by atoms with Crippen molar-refractivity contribution in [1.82, 2.24) is 0 Å². The normalized spacial score (nSPS) is 34.0. The number of fused-ring (bicyclic) bond motifs is 1. The van der Waals surface area contributed by atoms with E-state index in [0.29, 0.717) is 30.1 Å². The molecule has 180 valence electrons.